The molecule has 1 amide bonds. The summed E-state index contributed by atoms with van der Waals surface area (Å²) in [4.78, 5) is 11.8. The van der Waals surface area contributed by atoms with Gasteiger partial charge in [-0.2, -0.15) is 5.10 Å². The molecule has 0 aliphatic heterocycles. The molecule has 0 atom stereocenters. The molecular formula is C18H13F2N3O. The molecule has 0 saturated heterocycles. The molecule has 4 nitrogen and oxygen atoms in total. The molecule has 0 fully saturated rings. The largest absolute Gasteiger partial charge is 0.318 e. The van der Waals surface area contributed by atoms with E-state index < -0.39 is 23.2 Å². The van der Waals surface area contributed by atoms with Crippen LogP contribution < -0.4 is 5.32 Å². The van der Waals surface area contributed by atoms with E-state index in [0.717, 1.165) is 17.8 Å². The van der Waals surface area contributed by atoms with Crippen molar-refractivity contribution in [2.45, 2.75) is 0 Å². The Morgan fingerprint density at radius 1 is 1.04 bits per heavy atom. The maximum absolute atomic E-state index is 13.5. The van der Waals surface area contributed by atoms with E-state index in [-0.39, 0.29) is 0 Å². The van der Waals surface area contributed by atoms with Gasteiger partial charge in [0.15, 0.2) is 0 Å². The first-order valence-corrected chi connectivity index (χ1v) is 7.16. The van der Waals surface area contributed by atoms with Gasteiger partial charge in [0.05, 0.1) is 11.9 Å². The number of aromatic nitrogens is 2. The van der Waals surface area contributed by atoms with Crippen LogP contribution in [0, 0.1) is 11.6 Å². The number of benzene rings is 2. The molecule has 0 radical (unpaired) electrons. The lowest BCUT2D eigenvalue weighted by molar-refractivity contribution is -0.111. The normalized spacial score (nSPS) is 10.9. The number of carbonyl (C=O) groups is 1. The minimum absolute atomic E-state index is 0.466. The van der Waals surface area contributed by atoms with E-state index in [1.165, 1.54) is 18.2 Å². The summed E-state index contributed by atoms with van der Waals surface area (Å²) < 4.78 is 28.6. The minimum Gasteiger partial charge on any atom is -0.318 e. The van der Waals surface area contributed by atoms with Gasteiger partial charge in [-0.25, -0.2) is 13.5 Å². The number of hydrogen-bond donors (Lipinski definition) is 1. The highest BCUT2D eigenvalue weighted by Gasteiger charge is 2.10. The lowest BCUT2D eigenvalue weighted by Gasteiger charge is -2.04. The Kier molecular flexibility index (Phi) is 4.47. The van der Waals surface area contributed by atoms with Crippen molar-refractivity contribution in [2.75, 3.05) is 5.32 Å². The van der Waals surface area contributed by atoms with E-state index >= 15 is 0 Å². The van der Waals surface area contributed by atoms with Crippen LogP contribution >= 0.6 is 0 Å². The summed E-state index contributed by atoms with van der Waals surface area (Å²) in [7, 11) is 0. The number of rotatable bonds is 4. The molecule has 0 aliphatic carbocycles. The van der Waals surface area contributed by atoms with Crippen LogP contribution in [0.5, 0.6) is 0 Å². The van der Waals surface area contributed by atoms with E-state index in [4.69, 9.17) is 0 Å². The van der Waals surface area contributed by atoms with Crippen molar-refractivity contribution >= 4 is 17.7 Å². The predicted octanol–water partition coefficient (Wildman–Crippen LogP) is 3.80. The van der Waals surface area contributed by atoms with Gasteiger partial charge < -0.3 is 5.32 Å². The summed E-state index contributed by atoms with van der Waals surface area (Å²) in [6.07, 6.45) is 6.03. The second kappa shape index (κ2) is 6.87. The molecule has 3 rings (SSSR count). The topological polar surface area (TPSA) is 46.9 Å². The van der Waals surface area contributed by atoms with E-state index in [0.29, 0.717) is 5.56 Å². The van der Waals surface area contributed by atoms with Gasteiger partial charge in [0.25, 0.3) is 0 Å². The molecule has 0 bridgehead atoms. The van der Waals surface area contributed by atoms with Gasteiger partial charge in [0.2, 0.25) is 5.91 Å². The number of amides is 1. The Morgan fingerprint density at radius 3 is 2.46 bits per heavy atom. The molecular weight excluding hydrogens is 312 g/mol. The molecule has 0 aliphatic rings. The van der Waals surface area contributed by atoms with Crippen molar-refractivity contribution < 1.29 is 13.6 Å². The summed E-state index contributed by atoms with van der Waals surface area (Å²) in [6.45, 7) is 0. The number of para-hydroxylation sites is 2. The average Bonchev–Trinajstić information content (AvgIpc) is 3.06. The van der Waals surface area contributed by atoms with Crippen LogP contribution in [-0.2, 0) is 4.79 Å². The van der Waals surface area contributed by atoms with Gasteiger partial charge >= 0.3 is 0 Å². The SMILES string of the molecule is O=C(/C=C/c1cnn(-c2ccccc2)c1)Nc1c(F)cccc1F. The fourth-order valence-electron chi connectivity index (χ4n) is 2.10. The molecule has 24 heavy (non-hydrogen) atoms. The summed E-state index contributed by atoms with van der Waals surface area (Å²) in [5.74, 6) is -2.28. The Labute approximate surface area is 137 Å². The average molecular weight is 325 g/mol. The molecule has 1 heterocycles. The molecule has 3 aromatic rings. The third-order valence-electron chi connectivity index (χ3n) is 3.26. The van der Waals surface area contributed by atoms with Gasteiger partial charge in [-0.05, 0) is 30.3 Å². The van der Waals surface area contributed by atoms with Crippen LogP contribution in [-0.4, -0.2) is 15.7 Å². The lowest BCUT2D eigenvalue weighted by Crippen LogP contribution is -2.10. The predicted molar refractivity (Wildman–Crippen MR) is 87.6 cm³/mol. The summed E-state index contributed by atoms with van der Waals surface area (Å²) in [5, 5.41) is 6.37. The first-order valence-electron chi connectivity index (χ1n) is 7.16. The zero-order chi connectivity index (χ0) is 16.9. The van der Waals surface area contributed by atoms with Crippen molar-refractivity contribution in [1.29, 1.82) is 0 Å². The summed E-state index contributed by atoms with van der Waals surface area (Å²) in [5.41, 5.74) is 1.10. The molecule has 1 N–H and O–H groups in total. The van der Waals surface area contributed by atoms with Crippen LogP contribution in [0.1, 0.15) is 5.56 Å². The van der Waals surface area contributed by atoms with Gasteiger partial charge in [0.1, 0.15) is 17.3 Å². The molecule has 2 aromatic carbocycles. The molecule has 0 saturated carbocycles. The maximum Gasteiger partial charge on any atom is 0.248 e. The summed E-state index contributed by atoms with van der Waals surface area (Å²) >= 11 is 0. The number of halogens is 2. The Bertz CT molecular complexity index is 868. The Morgan fingerprint density at radius 2 is 1.75 bits per heavy atom. The smallest absolute Gasteiger partial charge is 0.248 e. The van der Waals surface area contributed by atoms with Crippen molar-refractivity contribution in [2.24, 2.45) is 0 Å². The van der Waals surface area contributed by atoms with Gasteiger partial charge in [-0.15, -0.1) is 0 Å². The van der Waals surface area contributed by atoms with Gasteiger partial charge in [-0.1, -0.05) is 24.3 Å². The zero-order valence-corrected chi connectivity index (χ0v) is 12.5. The zero-order valence-electron chi connectivity index (χ0n) is 12.5. The van der Waals surface area contributed by atoms with Crippen molar-refractivity contribution in [1.82, 2.24) is 9.78 Å². The Hall–Kier alpha value is -3.28. The third kappa shape index (κ3) is 3.55. The first kappa shape index (κ1) is 15.6. The fourth-order valence-corrected chi connectivity index (χ4v) is 2.10. The highest BCUT2D eigenvalue weighted by atomic mass is 19.1. The molecule has 6 heteroatoms. The molecule has 120 valence electrons. The number of nitrogens with one attached hydrogen (secondary N) is 1. The lowest BCUT2D eigenvalue weighted by atomic mass is 10.2. The fraction of sp³-hybridized carbons (Fsp3) is 0. The van der Waals surface area contributed by atoms with Crippen LogP contribution in [0.3, 0.4) is 0 Å². The number of carbonyl (C=O) groups excluding carboxylic acids is 1. The van der Waals surface area contributed by atoms with Crippen LogP contribution in [0.4, 0.5) is 14.5 Å². The number of anilines is 1. The van der Waals surface area contributed by atoms with Crippen molar-refractivity contribution in [3.8, 4) is 5.69 Å². The second-order valence-corrected chi connectivity index (χ2v) is 4.97. The highest BCUT2D eigenvalue weighted by Crippen LogP contribution is 2.18. The number of nitrogens with zero attached hydrogens (tertiary/aromatic N) is 2. The van der Waals surface area contributed by atoms with Crippen molar-refractivity contribution in [3.05, 3.63) is 84.2 Å². The first-order chi connectivity index (χ1) is 11.6. The van der Waals surface area contributed by atoms with Crippen LogP contribution in [0.25, 0.3) is 11.8 Å². The van der Waals surface area contributed by atoms with E-state index in [1.807, 2.05) is 30.3 Å². The maximum atomic E-state index is 13.5. The van der Waals surface area contributed by atoms with E-state index in [9.17, 15) is 13.6 Å². The van der Waals surface area contributed by atoms with E-state index in [2.05, 4.69) is 10.4 Å². The molecule has 0 unspecified atom stereocenters. The van der Waals surface area contributed by atoms with Crippen LogP contribution in [0.15, 0.2) is 67.0 Å². The van der Waals surface area contributed by atoms with E-state index in [1.54, 1.807) is 17.1 Å². The Balaban J connectivity index is 1.70. The minimum atomic E-state index is -0.825. The molecule has 1 aromatic heterocycles. The van der Waals surface area contributed by atoms with Crippen molar-refractivity contribution in [3.63, 3.8) is 0 Å². The van der Waals surface area contributed by atoms with Crippen LogP contribution in [0.2, 0.25) is 0 Å². The number of hydrogen-bond acceptors (Lipinski definition) is 2. The highest BCUT2D eigenvalue weighted by molar-refractivity contribution is 6.02. The second-order valence-electron chi connectivity index (χ2n) is 4.97. The third-order valence-corrected chi connectivity index (χ3v) is 3.26. The monoisotopic (exact) mass is 325 g/mol. The quantitative estimate of drug-likeness (QED) is 0.742. The standard InChI is InChI=1S/C18H13F2N3O/c19-15-7-4-8-16(20)18(15)22-17(24)10-9-13-11-21-23(12-13)14-5-2-1-3-6-14/h1-12H,(H,22,24)/b10-9+. The summed E-state index contributed by atoms with van der Waals surface area (Å²) in [6, 6.07) is 12.9. The van der Waals surface area contributed by atoms with Gasteiger partial charge in [0, 0.05) is 17.8 Å². The van der Waals surface area contributed by atoms with Gasteiger partial charge in [-0.3, -0.25) is 4.79 Å². The molecule has 0 spiro atoms.